The number of carbonyl (C=O) groups is 1. The zero-order valence-corrected chi connectivity index (χ0v) is 7.56. The Kier molecular flexibility index (Phi) is 2.71. The van der Waals surface area contributed by atoms with Gasteiger partial charge < -0.3 is 5.73 Å². The minimum Gasteiger partial charge on any atom is -0.398 e. The van der Waals surface area contributed by atoms with E-state index in [-0.39, 0.29) is 5.78 Å². The molecule has 0 aliphatic carbocycles. The maximum atomic E-state index is 10.9. The number of nitrogen functional groups attached to an aromatic ring is 1. The van der Waals surface area contributed by atoms with E-state index in [1.165, 1.54) is 6.92 Å². The van der Waals surface area contributed by atoms with Crippen molar-refractivity contribution in [1.82, 2.24) is 0 Å². The highest BCUT2D eigenvalue weighted by Crippen LogP contribution is 2.16. The van der Waals surface area contributed by atoms with Gasteiger partial charge in [0.15, 0.2) is 5.78 Å². The fourth-order valence-electron chi connectivity index (χ4n) is 0.940. The molecule has 0 aromatic heterocycles. The van der Waals surface area contributed by atoms with E-state index in [4.69, 9.17) is 17.3 Å². The van der Waals surface area contributed by atoms with Crippen molar-refractivity contribution < 1.29 is 4.79 Å². The highest BCUT2D eigenvalue weighted by atomic mass is 35.5. The predicted octanol–water partition coefficient (Wildman–Crippen LogP) is 2.21. The Morgan fingerprint density at radius 3 is 2.75 bits per heavy atom. The van der Waals surface area contributed by atoms with Crippen molar-refractivity contribution in [2.45, 2.75) is 12.8 Å². The van der Waals surface area contributed by atoms with Crippen molar-refractivity contribution in [1.29, 1.82) is 0 Å². The standard InChI is InChI=1S/C9H10ClNO/c1-6(12)7-2-3-9(11)8(4-7)5-10/h2-4H,5,11H2,1H3. The number of Topliss-reactive ketones (excluding diaryl/α,β-unsaturated/α-hetero) is 1. The summed E-state index contributed by atoms with van der Waals surface area (Å²) in [5.74, 6) is 0.369. The summed E-state index contributed by atoms with van der Waals surface area (Å²) in [5, 5.41) is 0. The number of carbonyl (C=O) groups excluding carboxylic acids is 1. The van der Waals surface area contributed by atoms with E-state index >= 15 is 0 Å². The summed E-state index contributed by atoms with van der Waals surface area (Å²) in [4.78, 5) is 10.9. The summed E-state index contributed by atoms with van der Waals surface area (Å²) in [6, 6.07) is 5.13. The fourth-order valence-corrected chi connectivity index (χ4v) is 1.17. The van der Waals surface area contributed by atoms with Crippen LogP contribution in [0, 0.1) is 0 Å². The van der Waals surface area contributed by atoms with Crippen molar-refractivity contribution >= 4 is 23.1 Å². The van der Waals surface area contributed by atoms with Crippen LogP contribution in [0.3, 0.4) is 0 Å². The summed E-state index contributed by atoms with van der Waals surface area (Å²) in [6.45, 7) is 1.52. The second-order valence-corrected chi connectivity index (χ2v) is 2.87. The Labute approximate surface area is 76.3 Å². The average molecular weight is 184 g/mol. The van der Waals surface area contributed by atoms with Crippen LogP contribution in [0.4, 0.5) is 5.69 Å². The summed E-state index contributed by atoms with van der Waals surface area (Å²) in [7, 11) is 0. The summed E-state index contributed by atoms with van der Waals surface area (Å²) >= 11 is 5.62. The quantitative estimate of drug-likeness (QED) is 0.434. The Morgan fingerprint density at radius 2 is 2.25 bits per heavy atom. The third kappa shape index (κ3) is 1.77. The highest BCUT2D eigenvalue weighted by molar-refractivity contribution is 6.17. The molecular weight excluding hydrogens is 174 g/mol. The summed E-state index contributed by atoms with van der Waals surface area (Å²) in [6.07, 6.45) is 0. The number of hydrogen-bond donors (Lipinski definition) is 1. The fraction of sp³-hybridized carbons (Fsp3) is 0.222. The average Bonchev–Trinajstić information content (AvgIpc) is 2.05. The van der Waals surface area contributed by atoms with Gasteiger partial charge in [-0.15, -0.1) is 11.6 Å². The molecule has 0 spiro atoms. The molecule has 0 unspecified atom stereocenters. The Balaban J connectivity index is 3.13. The normalized spacial score (nSPS) is 9.83. The molecule has 0 aliphatic heterocycles. The first-order valence-electron chi connectivity index (χ1n) is 3.60. The number of ketones is 1. The van der Waals surface area contributed by atoms with Crippen LogP contribution in [0.25, 0.3) is 0 Å². The third-order valence-corrected chi connectivity index (χ3v) is 1.98. The van der Waals surface area contributed by atoms with Gasteiger partial charge in [-0.2, -0.15) is 0 Å². The molecule has 0 heterocycles. The first-order valence-corrected chi connectivity index (χ1v) is 4.14. The zero-order valence-electron chi connectivity index (χ0n) is 6.80. The van der Waals surface area contributed by atoms with Gasteiger partial charge in [0.05, 0.1) is 0 Å². The SMILES string of the molecule is CC(=O)c1ccc(N)c(CCl)c1. The van der Waals surface area contributed by atoms with Crippen LogP contribution in [0.2, 0.25) is 0 Å². The number of nitrogens with two attached hydrogens (primary N) is 1. The van der Waals surface area contributed by atoms with Gasteiger partial charge in [0.1, 0.15) is 0 Å². The van der Waals surface area contributed by atoms with Crippen molar-refractivity contribution in [3.8, 4) is 0 Å². The molecule has 64 valence electrons. The monoisotopic (exact) mass is 183 g/mol. The molecule has 3 heteroatoms. The first-order chi connectivity index (χ1) is 5.65. The maximum Gasteiger partial charge on any atom is 0.159 e. The molecule has 2 nitrogen and oxygen atoms in total. The second kappa shape index (κ2) is 3.59. The zero-order chi connectivity index (χ0) is 9.14. The number of anilines is 1. The van der Waals surface area contributed by atoms with Crippen LogP contribution in [0.1, 0.15) is 22.8 Å². The van der Waals surface area contributed by atoms with E-state index in [2.05, 4.69) is 0 Å². The van der Waals surface area contributed by atoms with Gasteiger partial charge in [-0.05, 0) is 30.7 Å². The van der Waals surface area contributed by atoms with Crippen LogP contribution in [0.5, 0.6) is 0 Å². The van der Waals surface area contributed by atoms with Crippen molar-refractivity contribution in [2.24, 2.45) is 0 Å². The van der Waals surface area contributed by atoms with E-state index in [0.29, 0.717) is 17.1 Å². The lowest BCUT2D eigenvalue weighted by Gasteiger charge is -2.02. The Morgan fingerprint density at radius 1 is 1.58 bits per heavy atom. The van der Waals surface area contributed by atoms with E-state index < -0.39 is 0 Å². The smallest absolute Gasteiger partial charge is 0.159 e. The summed E-state index contributed by atoms with van der Waals surface area (Å²) < 4.78 is 0. The molecular formula is C9H10ClNO. The third-order valence-electron chi connectivity index (χ3n) is 1.69. The lowest BCUT2D eigenvalue weighted by Crippen LogP contribution is -1.97. The van der Waals surface area contributed by atoms with Gasteiger partial charge in [-0.25, -0.2) is 0 Å². The predicted molar refractivity (Wildman–Crippen MR) is 50.4 cm³/mol. The molecule has 0 saturated carbocycles. The Hall–Kier alpha value is -1.02. The molecule has 0 saturated heterocycles. The second-order valence-electron chi connectivity index (χ2n) is 2.60. The van der Waals surface area contributed by atoms with E-state index in [9.17, 15) is 4.79 Å². The van der Waals surface area contributed by atoms with Gasteiger partial charge in [0, 0.05) is 17.1 Å². The molecule has 0 bridgehead atoms. The minimum absolute atomic E-state index is 0.0290. The molecule has 1 aromatic carbocycles. The van der Waals surface area contributed by atoms with Crippen LogP contribution in [-0.4, -0.2) is 5.78 Å². The van der Waals surface area contributed by atoms with Gasteiger partial charge >= 0.3 is 0 Å². The van der Waals surface area contributed by atoms with E-state index in [1.54, 1.807) is 18.2 Å². The number of benzene rings is 1. The first kappa shape index (κ1) is 9.07. The molecule has 1 aromatic rings. The van der Waals surface area contributed by atoms with E-state index in [0.717, 1.165) is 5.56 Å². The lowest BCUT2D eigenvalue weighted by molar-refractivity contribution is 0.101. The van der Waals surface area contributed by atoms with E-state index in [1.807, 2.05) is 0 Å². The molecule has 0 fully saturated rings. The minimum atomic E-state index is 0.0290. The Bertz CT molecular complexity index is 309. The number of rotatable bonds is 2. The van der Waals surface area contributed by atoms with Crippen molar-refractivity contribution in [3.63, 3.8) is 0 Å². The van der Waals surface area contributed by atoms with Crippen LogP contribution >= 0.6 is 11.6 Å². The van der Waals surface area contributed by atoms with Crippen LogP contribution in [0.15, 0.2) is 18.2 Å². The molecule has 0 atom stereocenters. The largest absolute Gasteiger partial charge is 0.398 e. The molecule has 2 N–H and O–H groups in total. The van der Waals surface area contributed by atoms with Gasteiger partial charge in [0.25, 0.3) is 0 Å². The molecule has 0 radical (unpaired) electrons. The van der Waals surface area contributed by atoms with Crippen LogP contribution < -0.4 is 5.73 Å². The van der Waals surface area contributed by atoms with Crippen molar-refractivity contribution in [3.05, 3.63) is 29.3 Å². The van der Waals surface area contributed by atoms with Gasteiger partial charge in [0.2, 0.25) is 0 Å². The number of hydrogen-bond acceptors (Lipinski definition) is 2. The summed E-state index contributed by atoms with van der Waals surface area (Å²) in [5.41, 5.74) is 7.70. The topological polar surface area (TPSA) is 43.1 Å². The molecule has 0 amide bonds. The maximum absolute atomic E-state index is 10.9. The number of alkyl halides is 1. The highest BCUT2D eigenvalue weighted by Gasteiger charge is 2.02. The van der Waals surface area contributed by atoms with Crippen molar-refractivity contribution in [2.75, 3.05) is 5.73 Å². The number of halogens is 1. The molecule has 1 rings (SSSR count). The molecule has 12 heavy (non-hydrogen) atoms. The molecule has 0 aliphatic rings. The van der Waals surface area contributed by atoms with Crippen LogP contribution in [-0.2, 0) is 5.88 Å². The lowest BCUT2D eigenvalue weighted by atomic mass is 10.1. The van der Waals surface area contributed by atoms with Gasteiger partial charge in [-0.1, -0.05) is 0 Å². The van der Waals surface area contributed by atoms with Gasteiger partial charge in [-0.3, -0.25) is 4.79 Å².